The predicted octanol–water partition coefficient (Wildman–Crippen LogP) is 5.05. The van der Waals surface area contributed by atoms with E-state index in [0.717, 1.165) is 22.4 Å². The highest BCUT2D eigenvalue weighted by atomic mass is 19.3. The number of amides is 1. The molecule has 11 heteroatoms. The van der Waals surface area contributed by atoms with Crippen molar-refractivity contribution in [1.29, 1.82) is 5.26 Å². The van der Waals surface area contributed by atoms with Gasteiger partial charge in [0.25, 0.3) is 11.6 Å². The van der Waals surface area contributed by atoms with Gasteiger partial charge in [0.1, 0.15) is 17.4 Å². The number of benzene rings is 2. The van der Waals surface area contributed by atoms with Crippen LogP contribution < -0.4 is 10.1 Å². The third-order valence-electron chi connectivity index (χ3n) is 6.07. The molecule has 0 radical (unpaired) electrons. The molecule has 0 saturated carbocycles. The van der Waals surface area contributed by atoms with Gasteiger partial charge in [-0.1, -0.05) is 0 Å². The first-order valence-electron chi connectivity index (χ1n) is 11.8. The van der Waals surface area contributed by atoms with E-state index in [2.05, 4.69) is 15.0 Å². The summed E-state index contributed by atoms with van der Waals surface area (Å²) in [5.41, 5.74) is 3.78. The monoisotopic (exact) mass is 522 g/mol. The number of nitriles is 1. The van der Waals surface area contributed by atoms with Gasteiger partial charge in [0.2, 0.25) is 0 Å². The van der Waals surface area contributed by atoms with Crippen LogP contribution in [-0.4, -0.2) is 48.6 Å². The summed E-state index contributed by atoms with van der Waals surface area (Å²) in [6.45, 7) is -0.579. The number of carbonyl (C=O) groups excluding carboxylic acids is 1. The summed E-state index contributed by atoms with van der Waals surface area (Å²) >= 11 is 0. The Hall–Kier alpha value is -4.56. The van der Waals surface area contributed by atoms with Crippen molar-refractivity contribution in [2.45, 2.75) is 19.5 Å². The minimum atomic E-state index is -2.96. The average Bonchev–Trinajstić information content (AvgIpc) is 3.30. The summed E-state index contributed by atoms with van der Waals surface area (Å²) in [4.78, 5) is 25.5. The van der Waals surface area contributed by atoms with Gasteiger partial charge in [0.15, 0.2) is 0 Å². The average molecular weight is 523 g/mol. The zero-order valence-electron chi connectivity index (χ0n) is 20.2. The molecular formula is C27H24F2N4O5. The Labute approximate surface area is 217 Å². The molecule has 0 atom stereocenters. The van der Waals surface area contributed by atoms with Crippen LogP contribution in [0.15, 0.2) is 77.0 Å². The van der Waals surface area contributed by atoms with Crippen LogP contribution in [0.5, 0.6) is 5.75 Å². The molecule has 2 aliphatic rings. The topological polar surface area (TPSA) is 118 Å². The first kappa shape index (κ1) is 26.5. The van der Waals surface area contributed by atoms with E-state index < -0.39 is 17.4 Å². The van der Waals surface area contributed by atoms with E-state index >= 15 is 0 Å². The second-order valence-corrected chi connectivity index (χ2v) is 8.52. The molecule has 0 bridgehead atoms. The van der Waals surface area contributed by atoms with Crippen molar-refractivity contribution in [2.24, 2.45) is 0 Å². The number of halogens is 2. The van der Waals surface area contributed by atoms with E-state index in [4.69, 9.17) is 4.74 Å². The van der Waals surface area contributed by atoms with Crippen molar-refractivity contribution in [1.82, 2.24) is 4.90 Å². The summed E-state index contributed by atoms with van der Waals surface area (Å²) in [5.74, 6) is -0.677. The number of nitro groups is 1. The molecule has 2 aromatic carbocycles. The molecule has 9 nitrogen and oxygen atoms in total. The lowest BCUT2D eigenvalue weighted by Crippen LogP contribution is -2.36. The molecule has 1 fully saturated rings. The minimum Gasteiger partial charge on any atom is -0.435 e. The Morgan fingerprint density at radius 1 is 1.13 bits per heavy atom. The Morgan fingerprint density at radius 2 is 1.82 bits per heavy atom. The second kappa shape index (κ2) is 12.1. The van der Waals surface area contributed by atoms with Crippen LogP contribution in [0.1, 0.15) is 18.4 Å². The molecule has 1 amide bonds. The van der Waals surface area contributed by atoms with E-state index in [1.165, 1.54) is 36.4 Å². The van der Waals surface area contributed by atoms with Gasteiger partial charge in [0, 0.05) is 36.6 Å². The smallest absolute Gasteiger partial charge is 0.387 e. The molecule has 1 N–H and O–H groups in total. The quantitative estimate of drug-likeness (QED) is 0.223. The zero-order chi connectivity index (χ0) is 27.1. The lowest BCUT2D eigenvalue weighted by atomic mass is 10.1. The molecule has 1 heterocycles. The van der Waals surface area contributed by atoms with Gasteiger partial charge in [-0.25, -0.2) is 0 Å². The number of nitrogens with one attached hydrogen (secondary N) is 1. The van der Waals surface area contributed by atoms with Crippen LogP contribution in [-0.2, 0) is 9.53 Å². The maximum Gasteiger partial charge on any atom is 0.387 e. The largest absolute Gasteiger partial charge is 0.435 e. The van der Waals surface area contributed by atoms with Crippen molar-refractivity contribution in [3.8, 4) is 11.8 Å². The maximum atomic E-state index is 12.9. The normalized spacial score (nSPS) is 17.1. The number of hydrogen-bond donors (Lipinski definition) is 1. The first-order valence-corrected chi connectivity index (χ1v) is 11.8. The number of rotatable bonds is 8. The number of alkyl halides is 2. The summed E-state index contributed by atoms with van der Waals surface area (Å²) in [6, 6.07) is 13.6. The molecule has 196 valence electrons. The number of anilines is 1. The van der Waals surface area contributed by atoms with E-state index in [0.29, 0.717) is 44.8 Å². The number of non-ortho nitro benzene ring substituents is 1. The van der Waals surface area contributed by atoms with Crippen molar-refractivity contribution in [3.05, 3.63) is 92.7 Å². The lowest BCUT2D eigenvalue weighted by molar-refractivity contribution is -0.384. The molecule has 0 aromatic heterocycles. The number of allylic oxidation sites excluding steroid dienone is 3. The van der Waals surface area contributed by atoms with Gasteiger partial charge >= 0.3 is 6.61 Å². The van der Waals surface area contributed by atoms with E-state index in [-0.39, 0.29) is 17.0 Å². The highest BCUT2D eigenvalue weighted by Crippen LogP contribution is 2.37. The van der Waals surface area contributed by atoms with E-state index in [1.54, 1.807) is 18.2 Å². The van der Waals surface area contributed by atoms with Gasteiger partial charge in [0.05, 0.1) is 18.1 Å². The van der Waals surface area contributed by atoms with Gasteiger partial charge in [-0.3, -0.25) is 14.9 Å². The fourth-order valence-corrected chi connectivity index (χ4v) is 4.32. The van der Waals surface area contributed by atoms with Crippen molar-refractivity contribution in [2.75, 3.05) is 31.6 Å². The number of nitrogens with zero attached hydrogens (tertiary/aromatic N) is 3. The van der Waals surface area contributed by atoms with Crippen LogP contribution in [0.3, 0.4) is 0 Å². The van der Waals surface area contributed by atoms with Crippen molar-refractivity contribution in [3.63, 3.8) is 0 Å². The van der Waals surface area contributed by atoms with Gasteiger partial charge in [-0.2, -0.15) is 14.0 Å². The third kappa shape index (κ3) is 6.60. The van der Waals surface area contributed by atoms with E-state index in [9.17, 15) is 29.0 Å². The van der Waals surface area contributed by atoms with Crippen molar-refractivity contribution >= 4 is 23.4 Å². The summed E-state index contributed by atoms with van der Waals surface area (Å²) in [5, 5.41) is 23.3. The summed E-state index contributed by atoms with van der Waals surface area (Å²) < 4.78 is 34.5. The maximum absolute atomic E-state index is 12.9. The highest BCUT2D eigenvalue weighted by Gasteiger charge is 2.26. The molecule has 1 aliphatic heterocycles. The second-order valence-electron chi connectivity index (χ2n) is 8.52. The molecule has 0 spiro atoms. The Balaban J connectivity index is 1.61. The van der Waals surface area contributed by atoms with Crippen LogP contribution in [0.4, 0.5) is 20.2 Å². The molecular weight excluding hydrogens is 498 g/mol. The Kier molecular flexibility index (Phi) is 8.45. The minimum absolute atomic E-state index is 0.00648. The molecule has 1 saturated heterocycles. The summed E-state index contributed by atoms with van der Waals surface area (Å²) in [6.07, 6.45) is 4.81. The number of nitro benzene ring substituents is 1. The highest BCUT2D eigenvalue weighted by molar-refractivity contribution is 6.07. The standard InChI is InChI=1S/C27H24F2N4O5/c28-27(29)38-24-9-5-22(6-10-24)31-26(34)21(17-30)16-20-4-3-19(25(20)32-11-13-37-14-12-32)15-18-1-7-23(8-2-18)33(35)36/h1-2,5-10,15-16,27H,3-4,11-14H2,(H,31,34)/b19-15-,21-16+. The number of morpholine rings is 1. The van der Waals surface area contributed by atoms with Gasteiger partial charge < -0.3 is 19.7 Å². The van der Waals surface area contributed by atoms with Crippen LogP contribution in [0, 0.1) is 21.4 Å². The molecule has 2 aromatic rings. The molecule has 1 aliphatic carbocycles. The zero-order valence-corrected chi connectivity index (χ0v) is 20.2. The molecule has 0 unspecified atom stereocenters. The number of hydrogen-bond acceptors (Lipinski definition) is 7. The molecule has 4 rings (SSSR count). The Bertz CT molecular complexity index is 1320. The fraction of sp³-hybridized carbons (Fsp3) is 0.259. The predicted molar refractivity (Wildman–Crippen MR) is 135 cm³/mol. The first-order chi connectivity index (χ1) is 18.3. The van der Waals surface area contributed by atoms with E-state index in [1.807, 2.05) is 12.1 Å². The van der Waals surface area contributed by atoms with Crippen LogP contribution in [0.25, 0.3) is 6.08 Å². The Morgan fingerprint density at radius 3 is 2.42 bits per heavy atom. The van der Waals surface area contributed by atoms with Gasteiger partial charge in [-0.05, 0) is 78.1 Å². The number of carbonyl (C=O) groups is 1. The van der Waals surface area contributed by atoms with Crippen molar-refractivity contribution < 1.29 is 28.0 Å². The molecule has 38 heavy (non-hydrogen) atoms. The van der Waals surface area contributed by atoms with Crippen LogP contribution in [0.2, 0.25) is 0 Å². The summed E-state index contributed by atoms with van der Waals surface area (Å²) in [7, 11) is 0. The third-order valence-corrected chi connectivity index (χ3v) is 6.07. The number of ether oxygens (including phenoxy) is 2. The SMILES string of the molecule is N#C/C(=C\C1=C(N2CCOCC2)C(=C\c2ccc([N+](=O)[O-])cc2)/CC1)C(=O)Nc1ccc(OC(F)F)cc1. The fourth-order valence-electron chi connectivity index (χ4n) is 4.32. The van der Waals surface area contributed by atoms with Gasteiger partial charge in [-0.15, -0.1) is 0 Å². The lowest BCUT2D eigenvalue weighted by Gasteiger charge is -2.31. The van der Waals surface area contributed by atoms with Crippen LogP contribution >= 0.6 is 0 Å².